The average Bonchev–Trinajstić information content (AvgIpc) is 3.12. The standard InChI is InChI=1S/C16H14F3N5O3S/c1-28(25,26)8-12(9-2-4-11(17)5-3-9)22-16-20-6-10(7-21-16)14-23-24-15(27-14)13(18)19/h2-7,12-13H,8H2,1H3,(H,20,21,22)/t12-/m1/s1. The van der Waals surface area contributed by atoms with Gasteiger partial charge < -0.3 is 9.73 Å². The Morgan fingerprint density at radius 3 is 2.29 bits per heavy atom. The van der Waals surface area contributed by atoms with Gasteiger partial charge >= 0.3 is 6.43 Å². The number of rotatable bonds is 7. The van der Waals surface area contributed by atoms with Gasteiger partial charge in [-0.15, -0.1) is 10.2 Å². The van der Waals surface area contributed by atoms with E-state index in [1.807, 2.05) is 0 Å². The third-order valence-corrected chi connectivity index (χ3v) is 4.51. The number of halogens is 3. The van der Waals surface area contributed by atoms with Crippen LogP contribution in [0.15, 0.2) is 41.1 Å². The molecule has 0 unspecified atom stereocenters. The first kappa shape index (κ1) is 19.7. The Balaban J connectivity index is 1.81. The summed E-state index contributed by atoms with van der Waals surface area (Å²) in [6.07, 6.45) is 0.710. The van der Waals surface area contributed by atoms with E-state index in [-0.39, 0.29) is 23.2 Å². The summed E-state index contributed by atoms with van der Waals surface area (Å²) in [5.74, 6) is -1.64. The zero-order valence-electron chi connectivity index (χ0n) is 14.4. The average molecular weight is 413 g/mol. The van der Waals surface area contributed by atoms with Crippen molar-refractivity contribution in [3.05, 3.63) is 53.9 Å². The van der Waals surface area contributed by atoms with Crippen LogP contribution in [0, 0.1) is 5.82 Å². The first-order chi connectivity index (χ1) is 13.2. The number of benzene rings is 1. The first-order valence-electron chi connectivity index (χ1n) is 7.85. The summed E-state index contributed by atoms with van der Waals surface area (Å²) >= 11 is 0. The van der Waals surface area contributed by atoms with Crippen LogP contribution in [-0.4, -0.2) is 40.6 Å². The lowest BCUT2D eigenvalue weighted by Crippen LogP contribution is -2.21. The summed E-state index contributed by atoms with van der Waals surface area (Å²) in [6.45, 7) is 0. The van der Waals surface area contributed by atoms with Crippen LogP contribution >= 0.6 is 0 Å². The highest BCUT2D eigenvalue weighted by atomic mass is 32.2. The summed E-state index contributed by atoms with van der Waals surface area (Å²) in [6, 6.07) is 4.61. The Morgan fingerprint density at radius 1 is 1.11 bits per heavy atom. The summed E-state index contributed by atoms with van der Waals surface area (Å²) in [4.78, 5) is 8.03. The van der Waals surface area contributed by atoms with Gasteiger partial charge in [0.25, 0.3) is 11.8 Å². The van der Waals surface area contributed by atoms with Crippen molar-refractivity contribution < 1.29 is 26.0 Å². The van der Waals surface area contributed by atoms with Crippen molar-refractivity contribution in [2.75, 3.05) is 17.3 Å². The van der Waals surface area contributed by atoms with Crippen LogP contribution < -0.4 is 5.32 Å². The number of aromatic nitrogens is 4. The van der Waals surface area contributed by atoms with E-state index in [4.69, 9.17) is 4.42 Å². The van der Waals surface area contributed by atoms with Gasteiger partial charge in [0.2, 0.25) is 5.95 Å². The monoisotopic (exact) mass is 413 g/mol. The van der Waals surface area contributed by atoms with Gasteiger partial charge in [0.1, 0.15) is 15.7 Å². The molecule has 1 atom stereocenters. The number of nitrogens with zero attached hydrogens (tertiary/aromatic N) is 4. The van der Waals surface area contributed by atoms with Crippen LogP contribution in [0.5, 0.6) is 0 Å². The maximum atomic E-state index is 13.1. The van der Waals surface area contributed by atoms with E-state index in [0.29, 0.717) is 5.56 Å². The Bertz CT molecular complexity index is 1040. The van der Waals surface area contributed by atoms with Crippen molar-refractivity contribution in [2.45, 2.75) is 12.5 Å². The molecule has 0 amide bonds. The van der Waals surface area contributed by atoms with E-state index in [1.165, 1.54) is 36.7 Å². The zero-order chi connectivity index (χ0) is 20.3. The molecule has 1 N–H and O–H groups in total. The molecule has 0 saturated carbocycles. The third-order valence-electron chi connectivity index (χ3n) is 3.57. The van der Waals surface area contributed by atoms with Crippen molar-refractivity contribution in [1.29, 1.82) is 0 Å². The smallest absolute Gasteiger partial charge is 0.314 e. The van der Waals surface area contributed by atoms with E-state index in [9.17, 15) is 21.6 Å². The van der Waals surface area contributed by atoms with Crippen molar-refractivity contribution in [3.8, 4) is 11.5 Å². The van der Waals surface area contributed by atoms with Crippen LogP contribution in [0.1, 0.15) is 23.9 Å². The van der Waals surface area contributed by atoms with E-state index in [1.54, 1.807) is 0 Å². The molecule has 0 aliphatic rings. The minimum absolute atomic E-state index is 0.0790. The van der Waals surface area contributed by atoms with Gasteiger partial charge in [-0.05, 0) is 17.7 Å². The molecule has 3 aromatic rings. The second-order valence-corrected chi connectivity index (χ2v) is 8.07. The summed E-state index contributed by atoms with van der Waals surface area (Å²) in [7, 11) is -3.37. The van der Waals surface area contributed by atoms with E-state index < -0.39 is 34.0 Å². The zero-order valence-corrected chi connectivity index (χ0v) is 15.2. The fourth-order valence-electron chi connectivity index (χ4n) is 2.33. The van der Waals surface area contributed by atoms with Crippen molar-refractivity contribution in [2.24, 2.45) is 0 Å². The van der Waals surface area contributed by atoms with Crippen molar-refractivity contribution in [3.63, 3.8) is 0 Å². The van der Waals surface area contributed by atoms with Crippen LogP contribution in [0.4, 0.5) is 19.1 Å². The molecule has 12 heteroatoms. The molecule has 0 radical (unpaired) electrons. The van der Waals surface area contributed by atoms with Gasteiger partial charge in [0.15, 0.2) is 0 Å². The number of hydrogen-bond donors (Lipinski definition) is 1. The highest BCUT2D eigenvalue weighted by molar-refractivity contribution is 7.90. The molecule has 8 nitrogen and oxygen atoms in total. The number of sulfone groups is 1. The largest absolute Gasteiger partial charge is 0.415 e. The van der Waals surface area contributed by atoms with Gasteiger partial charge in [0, 0.05) is 18.6 Å². The van der Waals surface area contributed by atoms with Crippen LogP contribution in [0.3, 0.4) is 0 Å². The molecule has 0 aliphatic carbocycles. The van der Waals surface area contributed by atoms with E-state index >= 15 is 0 Å². The molecular formula is C16H14F3N5O3S. The summed E-state index contributed by atoms with van der Waals surface area (Å²) in [5, 5.41) is 9.57. The molecule has 3 rings (SSSR count). The normalized spacial score (nSPS) is 12.9. The van der Waals surface area contributed by atoms with Crippen molar-refractivity contribution in [1.82, 2.24) is 20.2 Å². The topological polar surface area (TPSA) is 111 Å². The van der Waals surface area contributed by atoms with E-state index in [2.05, 4.69) is 25.5 Å². The van der Waals surface area contributed by atoms with Crippen LogP contribution in [0.2, 0.25) is 0 Å². The highest BCUT2D eigenvalue weighted by Gasteiger charge is 2.20. The molecule has 0 saturated heterocycles. The maximum absolute atomic E-state index is 13.1. The third kappa shape index (κ3) is 5.03. The lowest BCUT2D eigenvalue weighted by molar-refractivity contribution is 0.116. The SMILES string of the molecule is CS(=O)(=O)C[C@@H](Nc1ncc(-c2nnc(C(F)F)o2)cn1)c1ccc(F)cc1. The molecule has 28 heavy (non-hydrogen) atoms. The van der Waals surface area contributed by atoms with Gasteiger partial charge in [-0.1, -0.05) is 12.1 Å². The maximum Gasteiger partial charge on any atom is 0.314 e. The van der Waals surface area contributed by atoms with Crippen LogP contribution in [0.25, 0.3) is 11.5 Å². The lowest BCUT2D eigenvalue weighted by atomic mass is 10.1. The van der Waals surface area contributed by atoms with E-state index in [0.717, 1.165) is 6.26 Å². The predicted molar refractivity (Wildman–Crippen MR) is 92.8 cm³/mol. The van der Waals surface area contributed by atoms with Gasteiger partial charge in [-0.2, -0.15) is 8.78 Å². The number of alkyl halides is 2. The minimum Gasteiger partial charge on any atom is -0.415 e. The molecule has 0 fully saturated rings. The molecule has 2 aromatic heterocycles. The van der Waals surface area contributed by atoms with Crippen molar-refractivity contribution >= 4 is 15.8 Å². The number of anilines is 1. The molecule has 148 valence electrons. The fourth-order valence-corrected chi connectivity index (χ4v) is 3.21. The molecule has 1 aromatic carbocycles. The van der Waals surface area contributed by atoms with Crippen LogP contribution in [-0.2, 0) is 9.84 Å². The van der Waals surface area contributed by atoms with Gasteiger partial charge in [-0.3, -0.25) is 0 Å². The summed E-state index contributed by atoms with van der Waals surface area (Å²) < 4.78 is 66.4. The molecule has 0 bridgehead atoms. The Morgan fingerprint density at radius 2 is 1.75 bits per heavy atom. The van der Waals surface area contributed by atoms with Gasteiger partial charge in [-0.25, -0.2) is 22.8 Å². The molecule has 2 heterocycles. The number of nitrogens with one attached hydrogen (secondary N) is 1. The summed E-state index contributed by atoms with van der Waals surface area (Å²) in [5.41, 5.74) is 0.740. The van der Waals surface area contributed by atoms with Gasteiger partial charge in [0.05, 0.1) is 17.4 Å². The number of hydrogen-bond acceptors (Lipinski definition) is 8. The fraction of sp³-hybridized carbons (Fsp3) is 0.250. The minimum atomic E-state index is -3.37. The Kier molecular flexibility index (Phi) is 5.58. The molecule has 0 aliphatic heterocycles. The highest BCUT2D eigenvalue weighted by Crippen LogP contribution is 2.24. The Hall–Kier alpha value is -3.02. The Labute approximate surface area is 157 Å². The first-order valence-corrected chi connectivity index (χ1v) is 9.91. The quantitative estimate of drug-likeness (QED) is 0.630. The lowest BCUT2D eigenvalue weighted by Gasteiger charge is -2.18. The molecule has 0 spiro atoms. The second kappa shape index (κ2) is 7.92. The molecular weight excluding hydrogens is 399 g/mol. The second-order valence-electron chi connectivity index (χ2n) is 5.88. The predicted octanol–water partition coefficient (Wildman–Crippen LogP) is 2.80.